The first kappa shape index (κ1) is 19.4. The van der Waals surface area contributed by atoms with Gasteiger partial charge in [0, 0.05) is 6.42 Å². The highest BCUT2D eigenvalue weighted by Crippen LogP contribution is 2.25. The third-order valence-electron chi connectivity index (χ3n) is 4.29. The molecule has 0 aliphatic heterocycles. The summed E-state index contributed by atoms with van der Waals surface area (Å²) in [5.74, 6) is -0.801. The van der Waals surface area contributed by atoms with Gasteiger partial charge >= 0.3 is 11.9 Å². The van der Waals surface area contributed by atoms with Crippen LogP contribution < -0.4 is 0 Å². The summed E-state index contributed by atoms with van der Waals surface area (Å²) in [6, 6.07) is 27.2. The Labute approximate surface area is 164 Å². The molecule has 0 N–H and O–H groups in total. The van der Waals surface area contributed by atoms with Crippen LogP contribution in [0.25, 0.3) is 0 Å². The van der Waals surface area contributed by atoms with Crippen molar-refractivity contribution < 1.29 is 19.1 Å². The zero-order valence-corrected chi connectivity index (χ0v) is 15.7. The van der Waals surface area contributed by atoms with Crippen LogP contribution in [-0.4, -0.2) is 18.0 Å². The fourth-order valence-corrected chi connectivity index (χ4v) is 2.87. The zero-order chi connectivity index (χ0) is 19.8. The molecular weight excluding hydrogens is 352 g/mol. The second-order valence-corrected chi connectivity index (χ2v) is 6.49. The lowest BCUT2D eigenvalue weighted by molar-refractivity contribution is 0.00289. The minimum absolute atomic E-state index is 0.362. The van der Waals surface area contributed by atoms with Crippen molar-refractivity contribution in [2.75, 3.05) is 0 Å². The monoisotopic (exact) mass is 374 g/mol. The fraction of sp³-hybridized carbons (Fsp3) is 0.167. The van der Waals surface area contributed by atoms with Crippen LogP contribution in [0.2, 0.25) is 0 Å². The number of esters is 2. The Morgan fingerprint density at radius 1 is 0.679 bits per heavy atom. The molecule has 2 atom stereocenters. The maximum Gasteiger partial charge on any atom is 0.338 e. The van der Waals surface area contributed by atoms with Crippen molar-refractivity contribution in [3.05, 3.63) is 108 Å². The second kappa shape index (κ2) is 9.51. The number of carbonyl (C=O) groups is 2. The smallest absolute Gasteiger partial charge is 0.338 e. The summed E-state index contributed by atoms with van der Waals surface area (Å²) in [5, 5.41) is 0. The van der Waals surface area contributed by atoms with Gasteiger partial charge in [0.05, 0.1) is 11.1 Å². The molecule has 0 aliphatic rings. The lowest BCUT2D eigenvalue weighted by Crippen LogP contribution is -2.21. The van der Waals surface area contributed by atoms with Gasteiger partial charge in [0.25, 0.3) is 0 Å². The molecule has 0 amide bonds. The Morgan fingerprint density at radius 2 is 1.11 bits per heavy atom. The van der Waals surface area contributed by atoms with E-state index in [0.29, 0.717) is 17.5 Å². The Morgan fingerprint density at radius 3 is 1.61 bits per heavy atom. The predicted molar refractivity (Wildman–Crippen MR) is 107 cm³/mol. The van der Waals surface area contributed by atoms with Gasteiger partial charge in [0.15, 0.2) is 0 Å². The highest BCUT2D eigenvalue weighted by Gasteiger charge is 2.23. The van der Waals surface area contributed by atoms with Gasteiger partial charge in [0.1, 0.15) is 12.2 Å². The van der Waals surface area contributed by atoms with Crippen molar-refractivity contribution in [3.8, 4) is 0 Å². The molecule has 0 aromatic heterocycles. The van der Waals surface area contributed by atoms with Gasteiger partial charge in [-0.25, -0.2) is 9.59 Å². The first-order chi connectivity index (χ1) is 13.6. The van der Waals surface area contributed by atoms with E-state index in [-0.39, 0.29) is 0 Å². The molecule has 4 heteroatoms. The average Bonchev–Trinajstić information content (AvgIpc) is 2.75. The van der Waals surface area contributed by atoms with Gasteiger partial charge in [-0.15, -0.1) is 0 Å². The maximum atomic E-state index is 12.5. The molecule has 0 heterocycles. The van der Waals surface area contributed by atoms with Gasteiger partial charge in [-0.1, -0.05) is 66.7 Å². The van der Waals surface area contributed by atoms with Gasteiger partial charge < -0.3 is 9.47 Å². The van der Waals surface area contributed by atoms with Crippen LogP contribution in [0.4, 0.5) is 0 Å². The summed E-state index contributed by atoms with van der Waals surface area (Å²) in [4.78, 5) is 24.8. The van der Waals surface area contributed by atoms with Crippen molar-refractivity contribution in [2.45, 2.75) is 25.6 Å². The molecule has 0 aliphatic carbocycles. The Balaban J connectivity index is 1.70. The fourth-order valence-electron chi connectivity index (χ4n) is 2.87. The SMILES string of the molecule is CC(CC(OC(=O)c1ccccc1)c1ccccc1)OC(=O)c1ccccc1. The highest BCUT2D eigenvalue weighted by atomic mass is 16.6. The van der Waals surface area contributed by atoms with Gasteiger partial charge in [0.2, 0.25) is 0 Å². The molecule has 2 unspecified atom stereocenters. The van der Waals surface area contributed by atoms with Crippen LogP contribution in [0.15, 0.2) is 91.0 Å². The molecule has 0 radical (unpaired) electrons. The first-order valence-electron chi connectivity index (χ1n) is 9.20. The lowest BCUT2D eigenvalue weighted by Gasteiger charge is -2.22. The molecule has 3 aromatic carbocycles. The van der Waals surface area contributed by atoms with Crippen LogP contribution in [0.1, 0.15) is 45.7 Å². The zero-order valence-electron chi connectivity index (χ0n) is 15.7. The summed E-state index contributed by atoms with van der Waals surface area (Å²) in [6.07, 6.45) is -0.588. The largest absolute Gasteiger partial charge is 0.459 e. The van der Waals surface area contributed by atoms with Crippen molar-refractivity contribution in [2.24, 2.45) is 0 Å². The number of ether oxygens (including phenoxy) is 2. The Bertz CT molecular complexity index is 892. The highest BCUT2D eigenvalue weighted by molar-refractivity contribution is 5.90. The van der Waals surface area contributed by atoms with Gasteiger partial charge in [-0.2, -0.15) is 0 Å². The van der Waals surface area contributed by atoms with Crippen LogP contribution in [0.3, 0.4) is 0 Å². The van der Waals surface area contributed by atoms with E-state index >= 15 is 0 Å². The second-order valence-electron chi connectivity index (χ2n) is 6.49. The average molecular weight is 374 g/mol. The molecule has 3 rings (SSSR count). The van der Waals surface area contributed by atoms with E-state index in [0.717, 1.165) is 5.56 Å². The van der Waals surface area contributed by atoms with Crippen LogP contribution in [-0.2, 0) is 9.47 Å². The molecule has 0 saturated carbocycles. The van der Waals surface area contributed by atoms with Crippen molar-refractivity contribution in [3.63, 3.8) is 0 Å². The van der Waals surface area contributed by atoms with Crippen LogP contribution in [0, 0.1) is 0 Å². The third kappa shape index (κ3) is 5.30. The molecule has 3 aromatic rings. The third-order valence-corrected chi connectivity index (χ3v) is 4.29. The predicted octanol–water partition coefficient (Wildman–Crippen LogP) is 5.22. The molecule has 0 saturated heterocycles. The summed E-state index contributed by atoms with van der Waals surface area (Å²) < 4.78 is 11.3. The molecule has 0 fully saturated rings. The number of hydrogen-bond acceptors (Lipinski definition) is 4. The summed E-state index contributed by atoms with van der Waals surface area (Å²) in [6.45, 7) is 1.80. The van der Waals surface area contributed by atoms with E-state index in [9.17, 15) is 9.59 Å². The molecule has 0 bridgehead atoms. The van der Waals surface area contributed by atoms with Gasteiger partial charge in [-0.3, -0.25) is 0 Å². The normalized spacial score (nSPS) is 12.6. The number of benzene rings is 3. The summed E-state index contributed by atoms with van der Waals surface area (Å²) in [7, 11) is 0. The lowest BCUT2D eigenvalue weighted by atomic mass is 10.0. The summed E-state index contributed by atoms with van der Waals surface area (Å²) in [5.41, 5.74) is 1.83. The van der Waals surface area contributed by atoms with Crippen LogP contribution >= 0.6 is 0 Å². The Kier molecular flexibility index (Phi) is 6.58. The molecule has 142 valence electrons. The minimum atomic E-state index is -0.521. The number of hydrogen-bond donors (Lipinski definition) is 0. The van der Waals surface area contributed by atoms with Crippen LogP contribution in [0.5, 0.6) is 0 Å². The maximum absolute atomic E-state index is 12.5. The van der Waals surface area contributed by atoms with Crippen molar-refractivity contribution in [1.29, 1.82) is 0 Å². The molecule has 0 spiro atoms. The molecule has 4 nitrogen and oxygen atoms in total. The van der Waals surface area contributed by atoms with Gasteiger partial charge in [-0.05, 0) is 36.8 Å². The van der Waals surface area contributed by atoms with Crippen molar-refractivity contribution in [1.82, 2.24) is 0 Å². The Hall–Kier alpha value is -3.40. The standard InChI is InChI=1S/C24H22O4/c1-18(27-23(25)20-13-7-3-8-14-20)17-22(19-11-5-2-6-12-19)28-24(26)21-15-9-4-10-16-21/h2-16,18,22H,17H2,1H3. The quantitative estimate of drug-likeness (QED) is 0.532. The first-order valence-corrected chi connectivity index (χ1v) is 9.20. The topological polar surface area (TPSA) is 52.6 Å². The van der Waals surface area contributed by atoms with E-state index in [4.69, 9.17) is 9.47 Å². The van der Waals surface area contributed by atoms with Crippen molar-refractivity contribution >= 4 is 11.9 Å². The number of carbonyl (C=O) groups excluding carboxylic acids is 2. The van der Waals surface area contributed by atoms with E-state index in [1.54, 1.807) is 55.5 Å². The minimum Gasteiger partial charge on any atom is -0.459 e. The molecule has 28 heavy (non-hydrogen) atoms. The van der Waals surface area contributed by atoms with E-state index < -0.39 is 24.1 Å². The number of rotatable bonds is 7. The van der Waals surface area contributed by atoms with E-state index in [2.05, 4.69) is 0 Å². The summed E-state index contributed by atoms with van der Waals surface area (Å²) >= 11 is 0. The van der Waals surface area contributed by atoms with E-state index in [1.807, 2.05) is 42.5 Å². The van der Waals surface area contributed by atoms with E-state index in [1.165, 1.54) is 0 Å². The molecular formula is C24H22O4.